The molecule has 8 nitrogen and oxygen atoms in total. The zero-order valence-corrected chi connectivity index (χ0v) is 16.0. The molecule has 0 spiro atoms. The van der Waals surface area contributed by atoms with Gasteiger partial charge in [-0.25, -0.2) is 0 Å². The summed E-state index contributed by atoms with van der Waals surface area (Å²) in [7, 11) is 3.00. The molecule has 0 saturated carbocycles. The van der Waals surface area contributed by atoms with Gasteiger partial charge in [-0.2, -0.15) is 5.26 Å². The molecule has 0 radical (unpaired) electrons. The number of carbonyl (C=O) groups is 1. The van der Waals surface area contributed by atoms with E-state index in [0.29, 0.717) is 24.5 Å². The number of nitrogens with zero attached hydrogens (tertiary/aromatic N) is 2. The number of ether oxygens (including phenoxy) is 3. The molecule has 0 aliphatic rings. The first-order valence-electron chi connectivity index (χ1n) is 8.60. The fourth-order valence-electron chi connectivity index (χ4n) is 2.81. The Labute approximate surface area is 162 Å². The SMILES string of the molecule is COCCCn1c(O)c(C(=O)COc2ccccc2OC)c(C)c(C#N)c1=O. The highest BCUT2D eigenvalue weighted by Crippen LogP contribution is 2.27. The first-order chi connectivity index (χ1) is 13.5. The number of carbonyl (C=O) groups excluding carboxylic acids is 1. The second-order valence-electron chi connectivity index (χ2n) is 5.98. The van der Waals surface area contributed by atoms with E-state index >= 15 is 0 Å². The van der Waals surface area contributed by atoms with Gasteiger partial charge in [0.2, 0.25) is 11.7 Å². The summed E-state index contributed by atoms with van der Waals surface area (Å²) in [5.74, 6) is -0.216. The molecule has 2 aromatic rings. The summed E-state index contributed by atoms with van der Waals surface area (Å²) in [6.07, 6.45) is 0.434. The highest BCUT2D eigenvalue weighted by atomic mass is 16.5. The first kappa shape index (κ1) is 21.0. The zero-order chi connectivity index (χ0) is 20.7. The van der Waals surface area contributed by atoms with Gasteiger partial charge in [0.1, 0.15) is 11.6 Å². The van der Waals surface area contributed by atoms with Crippen LogP contribution in [-0.2, 0) is 11.3 Å². The second kappa shape index (κ2) is 9.58. The van der Waals surface area contributed by atoms with Crippen molar-refractivity contribution in [1.82, 2.24) is 4.57 Å². The van der Waals surface area contributed by atoms with E-state index < -0.39 is 23.8 Å². The van der Waals surface area contributed by atoms with E-state index in [0.717, 1.165) is 4.57 Å². The van der Waals surface area contributed by atoms with Gasteiger partial charge in [-0.05, 0) is 31.0 Å². The van der Waals surface area contributed by atoms with Crippen LogP contribution < -0.4 is 15.0 Å². The van der Waals surface area contributed by atoms with Crippen molar-refractivity contribution in [2.75, 3.05) is 27.4 Å². The molecule has 0 aliphatic carbocycles. The number of para-hydroxylation sites is 2. The van der Waals surface area contributed by atoms with Crippen LogP contribution in [0.2, 0.25) is 0 Å². The van der Waals surface area contributed by atoms with Gasteiger partial charge in [-0.1, -0.05) is 12.1 Å². The van der Waals surface area contributed by atoms with Crippen LogP contribution in [0.15, 0.2) is 29.1 Å². The number of Topliss-reactive ketones (excluding diaryl/α,β-unsaturated/α-hetero) is 1. The number of methoxy groups -OCH3 is 2. The topological polar surface area (TPSA) is 111 Å². The van der Waals surface area contributed by atoms with Gasteiger partial charge >= 0.3 is 0 Å². The summed E-state index contributed by atoms with van der Waals surface area (Å²) >= 11 is 0. The zero-order valence-electron chi connectivity index (χ0n) is 16.0. The smallest absolute Gasteiger partial charge is 0.271 e. The minimum Gasteiger partial charge on any atom is -0.494 e. The van der Waals surface area contributed by atoms with Gasteiger partial charge in [0.25, 0.3) is 5.56 Å². The summed E-state index contributed by atoms with van der Waals surface area (Å²) in [6.45, 7) is 1.54. The van der Waals surface area contributed by atoms with Gasteiger partial charge in [-0.3, -0.25) is 14.2 Å². The van der Waals surface area contributed by atoms with Crippen molar-refractivity contribution in [3.63, 3.8) is 0 Å². The van der Waals surface area contributed by atoms with E-state index in [1.54, 1.807) is 24.3 Å². The monoisotopic (exact) mass is 386 g/mol. The molecule has 28 heavy (non-hydrogen) atoms. The molecule has 0 amide bonds. The molecule has 0 saturated heterocycles. The van der Waals surface area contributed by atoms with E-state index in [1.165, 1.54) is 21.1 Å². The van der Waals surface area contributed by atoms with Crippen LogP contribution in [0.4, 0.5) is 0 Å². The third-order valence-corrected chi connectivity index (χ3v) is 4.24. The summed E-state index contributed by atoms with van der Waals surface area (Å²) in [5, 5.41) is 19.9. The minimum absolute atomic E-state index is 0.108. The minimum atomic E-state index is -0.643. The molecule has 1 aromatic carbocycles. The van der Waals surface area contributed by atoms with Gasteiger partial charge in [0.15, 0.2) is 18.1 Å². The second-order valence-corrected chi connectivity index (χ2v) is 5.98. The summed E-state index contributed by atoms with van der Waals surface area (Å²) in [6, 6.07) is 8.64. The number of nitriles is 1. The van der Waals surface area contributed by atoms with Crippen molar-refractivity contribution in [2.45, 2.75) is 19.9 Å². The van der Waals surface area contributed by atoms with Gasteiger partial charge in [0, 0.05) is 20.3 Å². The number of aromatic hydroxyl groups is 1. The van der Waals surface area contributed by atoms with Crippen LogP contribution in [0.3, 0.4) is 0 Å². The van der Waals surface area contributed by atoms with Gasteiger partial charge in [0.05, 0.1) is 12.7 Å². The van der Waals surface area contributed by atoms with Gasteiger partial charge < -0.3 is 19.3 Å². The molecule has 2 rings (SSSR count). The lowest BCUT2D eigenvalue weighted by Crippen LogP contribution is -2.28. The Kier molecular flexibility index (Phi) is 7.18. The van der Waals surface area contributed by atoms with E-state index in [1.807, 2.05) is 6.07 Å². The number of hydrogen-bond acceptors (Lipinski definition) is 7. The lowest BCUT2D eigenvalue weighted by Gasteiger charge is -2.16. The number of aromatic nitrogens is 1. The molecule has 148 valence electrons. The first-order valence-corrected chi connectivity index (χ1v) is 8.60. The molecule has 0 atom stereocenters. The molecule has 1 heterocycles. The number of hydrogen-bond donors (Lipinski definition) is 1. The van der Waals surface area contributed by atoms with Crippen molar-refractivity contribution >= 4 is 5.78 Å². The molecule has 1 N–H and O–H groups in total. The molecular formula is C20H22N2O6. The Morgan fingerprint density at radius 2 is 1.93 bits per heavy atom. The van der Waals surface area contributed by atoms with Crippen molar-refractivity contribution in [3.8, 4) is 23.4 Å². The normalized spacial score (nSPS) is 10.4. The molecular weight excluding hydrogens is 364 g/mol. The molecule has 0 fully saturated rings. The van der Waals surface area contributed by atoms with Crippen molar-refractivity contribution in [1.29, 1.82) is 5.26 Å². The average molecular weight is 386 g/mol. The molecule has 0 aliphatic heterocycles. The summed E-state index contributed by atoms with van der Waals surface area (Å²) < 4.78 is 16.7. The number of benzene rings is 1. The largest absolute Gasteiger partial charge is 0.494 e. The third kappa shape index (κ3) is 4.32. The molecule has 8 heteroatoms. The average Bonchev–Trinajstić information content (AvgIpc) is 2.69. The predicted octanol–water partition coefficient (Wildman–Crippen LogP) is 2.04. The predicted molar refractivity (Wildman–Crippen MR) is 101 cm³/mol. The van der Waals surface area contributed by atoms with Crippen molar-refractivity contribution < 1.29 is 24.1 Å². The summed E-state index contributed by atoms with van der Waals surface area (Å²) in [4.78, 5) is 25.2. The molecule has 1 aromatic heterocycles. The maximum absolute atomic E-state index is 12.7. The van der Waals surface area contributed by atoms with Crippen LogP contribution in [0.1, 0.15) is 27.9 Å². The van der Waals surface area contributed by atoms with Crippen molar-refractivity contribution in [3.05, 3.63) is 51.3 Å². The van der Waals surface area contributed by atoms with E-state index in [-0.39, 0.29) is 23.2 Å². The van der Waals surface area contributed by atoms with Gasteiger partial charge in [-0.15, -0.1) is 0 Å². The maximum Gasteiger partial charge on any atom is 0.271 e. The maximum atomic E-state index is 12.7. The van der Waals surface area contributed by atoms with Crippen LogP contribution >= 0.6 is 0 Å². The number of pyridine rings is 1. The Bertz CT molecular complexity index is 958. The molecule has 0 unspecified atom stereocenters. The number of rotatable bonds is 9. The third-order valence-electron chi connectivity index (χ3n) is 4.24. The quantitative estimate of drug-likeness (QED) is 0.518. The fourth-order valence-corrected chi connectivity index (χ4v) is 2.81. The van der Waals surface area contributed by atoms with Crippen LogP contribution in [0, 0.1) is 18.3 Å². The summed E-state index contributed by atoms with van der Waals surface area (Å²) in [5.41, 5.74) is -0.809. The lowest BCUT2D eigenvalue weighted by molar-refractivity contribution is 0.0914. The fraction of sp³-hybridized carbons (Fsp3) is 0.350. The van der Waals surface area contributed by atoms with Crippen LogP contribution in [0.25, 0.3) is 0 Å². The standard InChI is InChI=1S/C20H22N2O6/c1-13-14(11-21)19(24)22(9-6-10-26-2)20(25)18(13)15(23)12-28-17-8-5-4-7-16(17)27-3/h4-5,7-8,25H,6,9-10,12H2,1-3H3. The Morgan fingerprint density at radius 3 is 2.54 bits per heavy atom. The Balaban J connectivity index is 2.37. The van der Waals surface area contributed by atoms with Crippen LogP contribution in [-0.4, -0.2) is 42.9 Å². The highest BCUT2D eigenvalue weighted by Gasteiger charge is 2.24. The number of ketones is 1. The van der Waals surface area contributed by atoms with E-state index in [9.17, 15) is 20.0 Å². The van der Waals surface area contributed by atoms with Crippen LogP contribution in [0.5, 0.6) is 17.4 Å². The van der Waals surface area contributed by atoms with E-state index in [2.05, 4.69) is 0 Å². The van der Waals surface area contributed by atoms with E-state index in [4.69, 9.17) is 14.2 Å². The highest BCUT2D eigenvalue weighted by molar-refractivity contribution is 6.01. The van der Waals surface area contributed by atoms with Crippen molar-refractivity contribution in [2.24, 2.45) is 0 Å². The molecule has 0 bridgehead atoms. The Hall–Kier alpha value is -3.31. The Morgan fingerprint density at radius 1 is 1.25 bits per heavy atom. The lowest BCUT2D eigenvalue weighted by atomic mass is 10.0.